The van der Waals surface area contributed by atoms with Crippen LogP contribution >= 0.6 is 0 Å². The molecule has 4 aromatic rings. The Kier molecular flexibility index (Phi) is 5.52. The van der Waals surface area contributed by atoms with Gasteiger partial charge in [0.25, 0.3) is 5.56 Å². The second-order valence-electron chi connectivity index (χ2n) is 8.78. The van der Waals surface area contributed by atoms with Gasteiger partial charge in [-0.3, -0.25) is 14.3 Å². The lowest BCUT2D eigenvalue weighted by Gasteiger charge is -2.31. The summed E-state index contributed by atoms with van der Waals surface area (Å²) in [7, 11) is 0. The number of ether oxygens (including phenoxy) is 4. The summed E-state index contributed by atoms with van der Waals surface area (Å²) >= 11 is 0. The maximum absolute atomic E-state index is 12.7. The Labute approximate surface area is 204 Å². The number of benzene rings is 2. The van der Waals surface area contributed by atoms with Crippen molar-refractivity contribution in [1.29, 1.82) is 0 Å². The maximum Gasteiger partial charge on any atom is 0.338 e. The van der Waals surface area contributed by atoms with Crippen LogP contribution in [0.1, 0.15) is 22.1 Å². The van der Waals surface area contributed by atoms with E-state index in [1.807, 2.05) is 36.4 Å². The molecule has 184 valence electrons. The zero-order valence-corrected chi connectivity index (χ0v) is 19.1. The van der Waals surface area contributed by atoms with Gasteiger partial charge >= 0.3 is 5.97 Å². The third-order valence-electron chi connectivity index (χ3n) is 6.43. The van der Waals surface area contributed by atoms with Gasteiger partial charge in [0.1, 0.15) is 18.8 Å². The minimum Gasteiger partial charge on any atom is -0.459 e. The third kappa shape index (κ3) is 3.83. The SMILES string of the molecule is Nc1nc2c(ncn2[C@@H]2O[C@]3(COC(=O)c4ccccc4)CO[C@H]2[C@H]3OCc2ccccc2)c(=O)[nH]1. The quantitative estimate of drug-likeness (QED) is 0.371. The number of H-pyrrole nitrogens is 1. The molecule has 0 amide bonds. The van der Waals surface area contributed by atoms with Crippen LogP contribution in [0.2, 0.25) is 0 Å². The van der Waals surface area contributed by atoms with Gasteiger partial charge in [-0.25, -0.2) is 9.78 Å². The number of rotatable bonds is 7. The minimum absolute atomic E-state index is 0.0401. The smallest absolute Gasteiger partial charge is 0.338 e. The van der Waals surface area contributed by atoms with Crippen LogP contribution in [0.15, 0.2) is 71.8 Å². The van der Waals surface area contributed by atoms with Crippen molar-refractivity contribution in [2.45, 2.75) is 30.6 Å². The predicted molar refractivity (Wildman–Crippen MR) is 127 cm³/mol. The summed E-state index contributed by atoms with van der Waals surface area (Å²) in [4.78, 5) is 35.8. The molecule has 2 aliphatic heterocycles. The van der Waals surface area contributed by atoms with E-state index in [1.54, 1.807) is 28.8 Å². The number of aromatic nitrogens is 4. The van der Waals surface area contributed by atoms with Gasteiger partial charge in [-0.2, -0.15) is 4.98 Å². The molecule has 4 heterocycles. The van der Waals surface area contributed by atoms with E-state index in [4.69, 9.17) is 24.7 Å². The molecular weight excluding hydrogens is 466 g/mol. The lowest BCUT2D eigenvalue weighted by molar-refractivity contribution is -0.187. The van der Waals surface area contributed by atoms with Gasteiger partial charge < -0.3 is 24.7 Å². The van der Waals surface area contributed by atoms with E-state index in [9.17, 15) is 9.59 Å². The minimum atomic E-state index is -1.07. The van der Waals surface area contributed by atoms with Crippen molar-refractivity contribution in [3.8, 4) is 0 Å². The van der Waals surface area contributed by atoms with Crippen LogP contribution in [0, 0.1) is 0 Å². The van der Waals surface area contributed by atoms with Crippen LogP contribution in [-0.4, -0.2) is 56.5 Å². The van der Waals surface area contributed by atoms with E-state index in [-0.39, 0.29) is 30.3 Å². The number of carbonyl (C=O) groups excluding carboxylic acids is 1. The molecule has 2 saturated heterocycles. The largest absolute Gasteiger partial charge is 0.459 e. The molecular formula is C25H23N5O6. The molecule has 2 fully saturated rings. The normalized spacial score (nSPS) is 24.8. The fraction of sp³-hybridized carbons (Fsp3) is 0.280. The van der Waals surface area contributed by atoms with Crippen LogP contribution in [0.4, 0.5) is 5.95 Å². The standard InChI is InChI=1S/C25H23N5O6/c26-24-28-20-17(21(31)29-24)27-14-30(20)22-18-19(33-11-15-7-3-1-4-8-15)25(36-22,12-34-18)13-35-23(32)16-9-5-2-6-10-16/h1-10,14,18-19,22H,11-13H2,(H3,26,28,29,31)/t18-,19+,22+,25-/m0/s1. The predicted octanol–water partition coefficient (Wildman–Crippen LogP) is 1.81. The topological polar surface area (TPSA) is 144 Å². The molecule has 0 spiro atoms. The molecule has 11 nitrogen and oxygen atoms in total. The fourth-order valence-corrected chi connectivity index (χ4v) is 4.70. The van der Waals surface area contributed by atoms with E-state index >= 15 is 0 Å². The van der Waals surface area contributed by atoms with Crippen molar-refractivity contribution < 1.29 is 23.7 Å². The summed E-state index contributed by atoms with van der Waals surface area (Å²) < 4.78 is 26.2. The Balaban J connectivity index is 1.31. The number of anilines is 1. The lowest BCUT2D eigenvalue weighted by Crippen LogP contribution is -2.46. The molecule has 0 unspecified atom stereocenters. The highest BCUT2D eigenvalue weighted by atomic mass is 16.7. The van der Waals surface area contributed by atoms with Gasteiger partial charge in [-0.15, -0.1) is 0 Å². The Bertz CT molecular complexity index is 1460. The molecule has 4 atom stereocenters. The summed E-state index contributed by atoms with van der Waals surface area (Å²) in [5.41, 5.74) is 6.04. The Morgan fingerprint density at radius 2 is 1.92 bits per heavy atom. The number of nitrogens with one attached hydrogen (secondary N) is 1. The zero-order valence-electron chi connectivity index (χ0n) is 19.1. The van der Waals surface area contributed by atoms with Gasteiger partial charge in [0.05, 0.1) is 25.1 Å². The second-order valence-corrected chi connectivity index (χ2v) is 8.78. The lowest BCUT2D eigenvalue weighted by atomic mass is 10.00. The molecule has 6 rings (SSSR count). The molecule has 36 heavy (non-hydrogen) atoms. The molecule has 2 aromatic carbocycles. The number of nitrogens with two attached hydrogens (primary N) is 1. The fourth-order valence-electron chi connectivity index (χ4n) is 4.70. The first-order chi connectivity index (χ1) is 17.5. The number of fused-ring (bicyclic) bond motifs is 3. The molecule has 2 aromatic heterocycles. The number of nitrogen functional groups attached to an aromatic ring is 1. The number of nitrogens with zero attached hydrogens (tertiary/aromatic N) is 3. The molecule has 11 heteroatoms. The van der Waals surface area contributed by atoms with Crippen molar-refractivity contribution in [3.63, 3.8) is 0 Å². The van der Waals surface area contributed by atoms with E-state index < -0.39 is 35.6 Å². The average Bonchev–Trinajstić information content (AvgIpc) is 3.57. The van der Waals surface area contributed by atoms with E-state index in [0.29, 0.717) is 12.2 Å². The number of hydrogen-bond acceptors (Lipinski definition) is 9. The summed E-state index contributed by atoms with van der Waals surface area (Å²) in [6.07, 6.45) is -0.403. The van der Waals surface area contributed by atoms with Gasteiger partial charge in [0.15, 0.2) is 23.0 Å². The number of carbonyl (C=O) groups is 1. The Morgan fingerprint density at radius 3 is 2.69 bits per heavy atom. The summed E-state index contributed by atoms with van der Waals surface area (Å²) in [6, 6.07) is 18.4. The van der Waals surface area contributed by atoms with E-state index in [2.05, 4.69) is 15.0 Å². The van der Waals surface area contributed by atoms with Crippen LogP contribution in [0.3, 0.4) is 0 Å². The monoisotopic (exact) mass is 489 g/mol. The van der Waals surface area contributed by atoms with Crippen molar-refractivity contribution in [2.24, 2.45) is 0 Å². The van der Waals surface area contributed by atoms with Crippen molar-refractivity contribution in [3.05, 3.63) is 88.5 Å². The molecule has 2 bridgehead atoms. The second kappa shape index (κ2) is 8.86. The number of aromatic amines is 1. The summed E-state index contributed by atoms with van der Waals surface area (Å²) in [5, 5.41) is 0. The van der Waals surface area contributed by atoms with Crippen LogP contribution in [0.5, 0.6) is 0 Å². The van der Waals surface area contributed by atoms with Gasteiger partial charge in [0.2, 0.25) is 5.95 Å². The molecule has 2 aliphatic rings. The highest BCUT2D eigenvalue weighted by Crippen LogP contribution is 2.47. The highest BCUT2D eigenvalue weighted by molar-refractivity contribution is 5.89. The van der Waals surface area contributed by atoms with Gasteiger partial charge in [-0.05, 0) is 17.7 Å². The Morgan fingerprint density at radius 1 is 1.17 bits per heavy atom. The molecule has 0 aliphatic carbocycles. The zero-order chi connectivity index (χ0) is 24.7. The number of hydrogen-bond donors (Lipinski definition) is 2. The van der Waals surface area contributed by atoms with E-state index in [0.717, 1.165) is 5.56 Å². The molecule has 0 saturated carbocycles. The number of esters is 1. The van der Waals surface area contributed by atoms with Crippen molar-refractivity contribution >= 4 is 23.1 Å². The van der Waals surface area contributed by atoms with Crippen LogP contribution in [0.25, 0.3) is 11.2 Å². The molecule has 3 N–H and O–H groups in total. The first kappa shape index (κ1) is 22.4. The van der Waals surface area contributed by atoms with Crippen LogP contribution in [-0.2, 0) is 25.6 Å². The molecule has 0 radical (unpaired) electrons. The summed E-state index contributed by atoms with van der Waals surface area (Å²) in [6.45, 7) is 0.389. The van der Waals surface area contributed by atoms with Crippen molar-refractivity contribution in [1.82, 2.24) is 19.5 Å². The van der Waals surface area contributed by atoms with Crippen LogP contribution < -0.4 is 11.3 Å². The Hall–Kier alpha value is -4.06. The van der Waals surface area contributed by atoms with E-state index in [1.165, 1.54) is 6.33 Å². The third-order valence-corrected chi connectivity index (χ3v) is 6.43. The maximum atomic E-state index is 12.7. The van der Waals surface area contributed by atoms with Gasteiger partial charge in [-0.1, -0.05) is 48.5 Å². The first-order valence-corrected chi connectivity index (χ1v) is 11.4. The van der Waals surface area contributed by atoms with Gasteiger partial charge in [0, 0.05) is 0 Å². The van der Waals surface area contributed by atoms with Crippen molar-refractivity contribution in [2.75, 3.05) is 18.9 Å². The average molecular weight is 489 g/mol. The first-order valence-electron chi connectivity index (χ1n) is 11.4. The number of imidazole rings is 1. The highest BCUT2D eigenvalue weighted by Gasteiger charge is 2.64. The summed E-state index contributed by atoms with van der Waals surface area (Å²) in [5.74, 6) is -0.516.